The molecule has 0 amide bonds. The van der Waals surface area contributed by atoms with E-state index in [-0.39, 0.29) is 13.1 Å². The van der Waals surface area contributed by atoms with Crippen LogP contribution in [0.25, 0.3) is 0 Å². The van der Waals surface area contributed by atoms with Crippen LogP contribution in [0.5, 0.6) is 5.75 Å². The largest absolute Gasteiger partial charge is 0.488 e. The standard InChI is InChI=1S/C29H38OP2/c1-8-29(5,31-28-22(3)13-12-16-25(28)20-32(6)7)26-18-21(2)17-23(4)27(26)30-19-24-14-10-9-11-15-24/h9-18,31H,8,19-20H2,1-7H3. The first-order chi connectivity index (χ1) is 15.2. The molecule has 3 rings (SSSR count). The zero-order chi connectivity index (χ0) is 23.3. The Morgan fingerprint density at radius 2 is 1.62 bits per heavy atom. The summed E-state index contributed by atoms with van der Waals surface area (Å²) in [5.74, 6) is 1.07. The predicted molar refractivity (Wildman–Crippen MR) is 146 cm³/mol. The first kappa shape index (κ1) is 25.0. The molecule has 32 heavy (non-hydrogen) atoms. The average Bonchev–Trinajstić information content (AvgIpc) is 2.75. The molecular weight excluding hydrogens is 426 g/mol. The van der Waals surface area contributed by atoms with E-state index in [0.29, 0.717) is 15.2 Å². The average molecular weight is 465 g/mol. The number of aryl methyl sites for hydroxylation is 3. The van der Waals surface area contributed by atoms with Crippen LogP contribution in [0, 0.1) is 20.8 Å². The number of ether oxygens (including phenoxy) is 1. The van der Waals surface area contributed by atoms with Gasteiger partial charge >= 0.3 is 0 Å². The molecule has 0 aliphatic heterocycles. The topological polar surface area (TPSA) is 9.23 Å². The molecule has 0 aliphatic rings. The van der Waals surface area contributed by atoms with Crippen molar-refractivity contribution in [3.05, 3.63) is 94.0 Å². The molecule has 3 heteroatoms. The van der Waals surface area contributed by atoms with Crippen LogP contribution >= 0.6 is 16.5 Å². The van der Waals surface area contributed by atoms with E-state index in [4.69, 9.17) is 4.74 Å². The van der Waals surface area contributed by atoms with E-state index >= 15 is 0 Å². The molecule has 0 saturated heterocycles. The van der Waals surface area contributed by atoms with Crippen LogP contribution in [0.15, 0.2) is 60.7 Å². The summed E-state index contributed by atoms with van der Waals surface area (Å²) in [7, 11) is 0.740. The van der Waals surface area contributed by atoms with Crippen LogP contribution < -0.4 is 10.0 Å². The maximum atomic E-state index is 6.53. The van der Waals surface area contributed by atoms with E-state index in [0.717, 1.165) is 12.2 Å². The van der Waals surface area contributed by atoms with Crippen LogP contribution in [-0.4, -0.2) is 13.3 Å². The van der Waals surface area contributed by atoms with Crippen molar-refractivity contribution in [1.29, 1.82) is 0 Å². The van der Waals surface area contributed by atoms with Crippen molar-refractivity contribution in [1.82, 2.24) is 0 Å². The van der Waals surface area contributed by atoms with Crippen LogP contribution in [0.1, 0.15) is 53.6 Å². The van der Waals surface area contributed by atoms with Gasteiger partial charge in [-0.25, -0.2) is 0 Å². The van der Waals surface area contributed by atoms with Gasteiger partial charge in [0.1, 0.15) is 12.4 Å². The van der Waals surface area contributed by atoms with Gasteiger partial charge in [-0.3, -0.25) is 0 Å². The first-order valence-corrected chi connectivity index (χ1v) is 15.0. The number of hydrogen-bond acceptors (Lipinski definition) is 1. The minimum absolute atomic E-state index is 0.0263. The molecule has 2 unspecified atom stereocenters. The second kappa shape index (κ2) is 11.0. The van der Waals surface area contributed by atoms with Crippen LogP contribution in [-0.2, 0) is 17.9 Å². The molecule has 170 valence electrons. The minimum Gasteiger partial charge on any atom is -0.488 e. The van der Waals surface area contributed by atoms with Gasteiger partial charge in [-0.05, 0) is 74.2 Å². The zero-order valence-electron chi connectivity index (χ0n) is 20.8. The molecule has 0 radical (unpaired) electrons. The summed E-state index contributed by atoms with van der Waals surface area (Å²) in [5, 5.41) is 1.59. The van der Waals surface area contributed by atoms with Gasteiger partial charge in [0.25, 0.3) is 0 Å². The molecule has 3 aromatic carbocycles. The van der Waals surface area contributed by atoms with Crippen LogP contribution in [0.3, 0.4) is 0 Å². The molecule has 0 N–H and O–H groups in total. The number of benzene rings is 3. The van der Waals surface area contributed by atoms with Gasteiger partial charge < -0.3 is 4.74 Å². The summed E-state index contributed by atoms with van der Waals surface area (Å²) in [5.41, 5.74) is 8.07. The molecule has 0 saturated carbocycles. The Hall–Kier alpha value is -1.68. The molecule has 1 nitrogen and oxygen atoms in total. The van der Waals surface area contributed by atoms with Gasteiger partial charge in [0, 0.05) is 10.7 Å². The first-order valence-electron chi connectivity index (χ1n) is 11.5. The van der Waals surface area contributed by atoms with E-state index in [1.165, 1.54) is 39.5 Å². The zero-order valence-corrected chi connectivity index (χ0v) is 22.6. The van der Waals surface area contributed by atoms with Crippen LogP contribution in [0.4, 0.5) is 0 Å². The molecule has 0 aromatic heterocycles. The van der Waals surface area contributed by atoms with Gasteiger partial charge in [0.2, 0.25) is 0 Å². The quantitative estimate of drug-likeness (QED) is 0.291. The molecule has 3 aromatic rings. The van der Waals surface area contributed by atoms with Crippen molar-refractivity contribution in [2.24, 2.45) is 0 Å². The third-order valence-electron chi connectivity index (χ3n) is 6.19. The molecule has 0 bridgehead atoms. The van der Waals surface area contributed by atoms with E-state index in [1.54, 1.807) is 5.30 Å². The van der Waals surface area contributed by atoms with Crippen molar-refractivity contribution in [3.8, 4) is 5.75 Å². The Morgan fingerprint density at radius 3 is 2.28 bits per heavy atom. The fraction of sp³-hybridized carbons (Fsp3) is 0.379. The maximum absolute atomic E-state index is 6.53. The predicted octanol–water partition coefficient (Wildman–Crippen LogP) is 8.06. The van der Waals surface area contributed by atoms with Crippen molar-refractivity contribution in [2.75, 3.05) is 13.3 Å². The lowest BCUT2D eigenvalue weighted by Gasteiger charge is -2.33. The molecule has 2 atom stereocenters. The van der Waals surface area contributed by atoms with Gasteiger partial charge in [-0.1, -0.05) is 88.7 Å². The second-order valence-corrected chi connectivity index (χ2v) is 13.7. The molecule has 0 spiro atoms. The Labute approximate surface area is 198 Å². The van der Waals surface area contributed by atoms with E-state index < -0.39 is 0 Å². The van der Waals surface area contributed by atoms with E-state index in [2.05, 4.69) is 109 Å². The summed E-state index contributed by atoms with van der Waals surface area (Å²) < 4.78 is 6.53. The molecule has 0 heterocycles. The molecular formula is C29H38OP2. The molecule has 0 aliphatic carbocycles. The highest BCUT2D eigenvalue weighted by Gasteiger charge is 2.31. The summed E-state index contributed by atoms with van der Waals surface area (Å²) >= 11 is 0. The maximum Gasteiger partial charge on any atom is 0.126 e. The van der Waals surface area contributed by atoms with E-state index in [9.17, 15) is 0 Å². The lowest BCUT2D eigenvalue weighted by molar-refractivity contribution is 0.297. The van der Waals surface area contributed by atoms with E-state index in [1.807, 2.05) is 0 Å². The lowest BCUT2D eigenvalue weighted by atomic mass is 9.92. The summed E-state index contributed by atoms with van der Waals surface area (Å²) in [6.45, 7) is 16.8. The second-order valence-electron chi connectivity index (χ2n) is 9.39. The number of rotatable bonds is 9. The Kier molecular flexibility index (Phi) is 8.55. The van der Waals surface area contributed by atoms with Gasteiger partial charge in [0.05, 0.1) is 0 Å². The van der Waals surface area contributed by atoms with Gasteiger partial charge in [0.15, 0.2) is 0 Å². The van der Waals surface area contributed by atoms with Gasteiger partial charge in [-0.15, -0.1) is 7.92 Å². The fourth-order valence-corrected chi connectivity index (χ4v) is 7.04. The third kappa shape index (κ3) is 6.01. The smallest absolute Gasteiger partial charge is 0.126 e. The summed E-state index contributed by atoms with van der Waals surface area (Å²) in [4.78, 5) is 0. The highest BCUT2D eigenvalue weighted by atomic mass is 31.1. The Balaban J connectivity index is 2.03. The minimum atomic E-state index is 0.0263. The monoisotopic (exact) mass is 464 g/mol. The van der Waals surface area contributed by atoms with Crippen molar-refractivity contribution in [3.63, 3.8) is 0 Å². The van der Waals surface area contributed by atoms with Crippen molar-refractivity contribution >= 4 is 21.8 Å². The lowest BCUT2D eigenvalue weighted by Crippen LogP contribution is -2.23. The fourth-order valence-electron chi connectivity index (χ4n) is 4.29. The normalized spacial score (nSPS) is 13.6. The number of hydrogen-bond donors (Lipinski definition) is 0. The van der Waals surface area contributed by atoms with Crippen molar-refractivity contribution in [2.45, 2.75) is 59.0 Å². The Bertz CT molecular complexity index is 1040. The highest BCUT2D eigenvalue weighted by molar-refractivity contribution is 7.55. The SMILES string of the molecule is CCC(C)(Pc1c(C)cccc1CP(C)C)c1cc(C)cc(C)c1OCc1ccccc1. The summed E-state index contributed by atoms with van der Waals surface area (Å²) in [6, 6.07) is 22.0. The molecule has 0 fully saturated rings. The Morgan fingerprint density at radius 1 is 0.906 bits per heavy atom. The van der Waals surface area contributed by atoms with Crippen molar-refractivity contribution < 1.29 is 4.74 Å². The highest BCUT2D eigenvalue weighted by Crippen LogP contribution is 2.50. The third-order valence-corrected chi connectivity index (χ3v) is 9.31. The van der Waals surface area contributed by atoms with Crippen LogP contribution in [0.2, 0.25) is 0 Å². The van der Waals surface area contributed by atoms with Gasteiger partial charge in [-0.2, -0.15) is 0 Å². The summed E-state index contributed by atoms with van der Waals surface area (Å²) in [6.07, 6.45) is 2.28.